The molecule has 1 aromatic carbocycles. The molecule has 0 fully saturated rings. The number of benzene rings is 1. The van der Waals surface area contributed by atoms with Crippen LogP contribution in [0.5, 0.6) is 11.5 Å². The van der Waals surface area contributed by atoms with Gasteiger partial charge < -0.3 is 14.6 Å². The monoisotopic (exact) mass is 234 g/mol. The molecule has 1 N–H and O–H groups in total. The van der Waals surface area contributed by atoms with Crippen molar-refractivity contribution in [3.8, 4) is 23.3 Å². The van der Waals surface area contributed by atoms with Crippen molar-refractivity contribution in [2.75, 3.05) is 14.2 Å². The van der Waals surface area contributed by atoms with Crippen LogP contribution in [0.25, 0.3) is 0 Å². The Labute approximate surface area is 102 Å². The highest BCUT2D eigenvalue weighted by atomic mass is 16.5. The van der Waals surface area contributed by atoms with Crippen molar-refractivity contribution in [2.45, 2.75) is 25.9 Å². The highest BCUT2D eigenvalue weighted by molar-refractivity contribution is 5.48. The maximum atomic E-state index is 9.78. The van der Waals surface area contributed by atoms with Crippen molar-refractivity contribution in [1.82, 2.24) is 0 Å². The fourth-order valence-electron chi connectivity index (χ4n) is 1.21. The maximum Gasteiger partial charge on any atom is 0.161 e. The number of hydrogen-bond donors (Lipinski definition) is 1. The Bertz CT molecular complexity index is 439. The Morgan fingerprint density at radius 1 is 1.24 bits per heavy atom. The maximum absolute atomic E-state index is 9.78. The zero-order chi connectivity index (χ0) is 12.9. The van der Waals surface area contributed by atoms with Crippen molar-refractivity contribution in [2.24, 2.45) is 0 Å². The Balaban J connectivity index is 3.01. The molecular weight excluding hydrogens is 216 g/mol. The Kier molecular flexibility index (Phi) is 4.42. The molecule has 92 valence electrons. The van der Waals surface area contributed by atoms with Gasteiger partial charge >= 0.3 is 0 Å². The average molecular weight is 234 g/mol. The Morgan fingerprint density at radius 3 is 2.41 bits per heavy atom. The van der Waals surface area contributed by atoms with E-state index in [4.69, 9.17) is 9.47 Å². The molecule has 3 nitrogen and oxygen atoms in total. The van der Waals surface area contributed by atoms with Gasteiger partial charge in [0.15, 0.2) is 11.5 Å². The van der Waals surface area contributed by atoms with Gasteiger partial charge in [0, 0.05) is 5.56 Å². The van der Waals surface area contributed by atoms with E-state index in [9.17, 15) is 5.11 Å². The highest BCUT2D eigenvalue weighted by Gasteiger charge is 2.12. The summed E-state index contributed by atoms with van der Waals surface area (Å²) in [5.74, 6) is 7.05. The van der Waals surface area contributed by atoms with E-state index < -0.39 is 5.60 Å². The van der Waals surface area contributed by atoms with Gasteiger partial charge in [0.05, 0.1) is 14.2 Å². The fourth-order valence-corrected chi connectivity index (χ4v) is 1.21. The van der Waals surface area contributed by atoms with Crippen molar-refractivity contribution >= 4 is 0 Å². The summed E-state index contributed by atoms with van der Waals surface area (Å²) in [5, 5.41) is 9.78. The summed E-state index contributed by atoms with van der Waals surface area (Å²) in [6.07, 6.45) is 0.591. The third kappa shape index (κ3) is 3.69. The normalized spacial score (nSPS) is 13.2. The summed E-state index contributed by atoms with van der Waals surface area (Å²) in [5.41, 5.74) is -0.163. The van der Waals surface area contributed by atoms with Gasteiger partial charge in [-0.2, -0.15) is 0 Å². The van der Waals surface area contributed by atoms with E-state index in [-0.39, 0.29) is 0 Å². The van der Waals surface area contributed by atoms with E-state index in [0.29, 0.717) is 17.9 Å². The number of hydrogen-bond acceptors (Lipinski definition) is 3. The molecule has 17 heavy (non-hydrogen) atoms. The first kappa shape index (κ1) is 13.4. The predicted molar refractivity (Wildman–Crippen MR) is 67.3 cm³/mol. The molecule has 3 heteroatoms. The van der Waals surface area contributed by atoms with Gasteiger partial charge in [-0.1, -0.05) is 18.8 Å². The summed E-state index contributed by atoms with van der Waals surface area (Å²) < 4.78 is 10.3. The lowest BCUT2D eigenvalue weighted by Crippen LogP contribution is -2.19. The average Bonchev–Trinajstić information content (AvgIpc) is 2.36. The highest BCUT2D eigenvalue weighted by Crippen LogP contribution is 2.27. The SMILES string of the molecule is CCC(C)(O)C#Cc1ccc(OC)c(OC)c1. The van der Waals surface area contributed by atoms with Gasteiger partial charge in [0.25, 0.3) is 0 Å². The van der Waals surface area contributed by atoms with Crippen molar-refractivity contribution in [3.63, 3.8) is 0 Å². The van der Waals surface area contributed by atoms with Crippen LogP contribution in [0.2, 0.25) is 0 Å². The molecule has 0 saturated heterocycles. The lowest BCUT2D eigenvalue weighted by Gasteiger charge is -2.12. The molecule has 0 aliphatic rings. The second-order valence-corrected chi connectivity index (χ2v) is 3.95. The van der Waals surface area contributed by atoms with Crippen molar-refractivity contribution < 1.29 is 14.6 Å². The molecule has 0 aliphatic carbocycles. The molecule has 0 aliphatic heterocycles. The van der Waals surface area contributed by atoms with Gasteiger partial charge in [0.2, 0.25) is 0 Å². The van der Waals surface area contributed by atoms with E-state index >= 15 is 0 Å². The molecule has 0 saturated carbocycles. The van der Waals surface area contributed by atoms with Crippen LogP contribution in [0.3, 0.4) is 0 Å². The van der Waals surface area contributed by atoms with Crippen molar-refractivity contribution in [1.29, 1.82) is 0 Å². The van der Waals surface area contributed by atoms with E-state index in [0.717, 1.165) is 5.56 Å². The molecule has 1 atom stereocenters. The van der Waals surface area contributed by atoms with Crippen LogP contribution in [0.15, 0.2) is 18.2 Å². The molecule has 1 unspecified atom stereocenters. The van der Waals surface area contributed by atoms with E-state index in [2.05, 4.69) is 11.8 Å². The quantitative estimate of drug-likeness (QED) is 0.815. The smallest absolute Gasteiger partial charge is 0.161 e. The third-order valence-electron chi connectivity index (χ3n) is 2.55. The van der Waals surface area contributed by atoms with Gasteiger partial charge in [-0.15, -0.1) is 0 Å². The first-order chi connectivity index (χ1) is 8.02. The van der Waals surface area contributed by atoms with Gasteiger partial charge in [-0.3, -0.25) is 0 Å². The van der Waals surface area contributed by atoms with Gasteiger partial charge in [-0.05, 0) is 31.5 Å². The molecule has 1 rings (SSSR count). The minimum absolute atomic E-state index is 0.591. The number of ether oxygens (including phenoxy) is 2. The number of methoxy groups -OCH3 is 2. The second-order valence-electron chi connectivity index (χ2n) is 3.95. The van der Waals surface area contributed by atoms with Crippen LogP contribution in [0.1, 0.15) is 25.8 Å². The first-order valence-electron chi connectivity index (χ1n) is 5.50. The predicted octanol–water partition coefficient (Wildman–Crippen LogP) is 2.22. The minimum atomic E-state index is -0.951. The van der Waals surface area contributed by atoms with Crippen LogP contribution < -0.4 is 9.47 Å². The molecule has 0 radical (unpaired) electrons. The van der Waals surface area contributed by atoms with E-state index in [1.165, 1.54) is 0 Å². The molecule has 1 aromatic rings. The Morgan fingerprint density at radius 2 is 1.88 bits per heavy atom. The lowest BCUT2D eigenvalue weighted by atomic mass is 10.0. The summed E-state index contributed by atoms with van der Waals surface area (Å²) in [4.78, 5) is 0. The van der Waals surface area contributed by atoms with E-state index in [1.807, 2.05) is 13.0 Å². The molecular formula is C14H18O3. The minimum Gasteiger partial charge on any atom is -0.493 e. The lowest BCUT2D eigenvalue weighted by molar-refractivity contribution is 0.118. The molecule has 0 amide bonds. The summed E-state index contributed by atoms with van der Waals surface area (Å²) in [7, 11) is 3.17. The Hall–Kier alpha value is -1.66. The zero-order valence-electron chi connectivity index (χ0n) is 10.7. The zero-order valence-corrected chi connectivity index (χ0v) is 10.7. The standard InChI is InChI=1S/C14H18O3/c1-5-14(2,15)9-8-11-6-7-12(16-3)13(10-11)17-4/h6-7,10,15H,5H2,1-4H3. The largest absolute Gasteiger partial charge is 0.493 e. The first-order valence-corrected chi connectivity index (χ1v) is 5.50. The second kappa shape index (κ2) is 5.60. The van der Waals surface area contributed by atoms with Crippen LogP contribution in [0.4, 0.5) is 0 Å². The molecule has 0 aromatic heterocycles. The van der Waals surface area contributed by atoms with E-state index in [1.54, 1.807) is 33.3 Å². The summed E-state index contributed by atoms with van der Waals surface area (Å²) in [6.45, 7) is 3.59. The third-order valence-corrected chi connectivity index (χ3v) is 2.55. The fraction of sp³-hybridized carbons (Fsp3) is 0.429. The van der Waals surface area contributed by atoms with Crippen LogP contribution >= 0.6 is 0 Å². The molecule has 0 spiro atoms. The summed E-state index contributed by atoms with van der Waals surface area (Å²) in [6, 6.07) is 5.42. The van der Waals surface area contributed by atoms with Gasteiger partial charge in [0.1, 0.15) is 5.60 Å². The van der Waals surface area contributed by atoms with Crippen molar-refractivity contribution in [3.05, 3.63) is 23.8 Å². The van der Waals surface area contributed by atoms with Crippen LogP contribution in [0, 0.1) is 11.8 Å². The summed E-state index contributed by atoms with van der Waals surface area (Å²) >= 11 is 0. The topological polar surface area (TPSA) is 38.7 Å². The molecule has 0 heterocycles. The van der Waals surface area contributed by atoms with Crippen LogP contribution in [-0.4, -0.2) is 24.9 Å². The number of rotatable bonds is 3. The van der Waals surface area contributed by atoms with Crippen LogP contribution in [-0.2, 0) is 0 Å². The number of aliphatic hydroxyl groups is 1. The van der Waals surface area contributed by atoms with Gasteiger partial charge in [-0.25, -0.2) is 0 Å². The molecule has 0 bridgehead atoms.